The number of halogens is 4. The lowest BCUT2D eigenvalue weighted by atomic mass is 10.0. The van der Waals surface area contributed by atoms with Crippen LogP contribution in [0.2, 0.25) is 0 Å². The van der Waals surface area contributed by atoms with Gasteiger partial charge >= 0.3 is 0 Å². The minimum atomic E-state index is -2.78. The molecule has 0 saturated heterocycles. The molecule has 0 amide bonds. The highest BCUT2D eigenvalue weighted by atomic mass is 35.5. The van der Waals surface area contributed by atoms with Gasteiger partial charge in [0.25, 0.3) is 6.43 Å². The van der Waals surface area contributed by atoms with Gasteiger partial charge in [-0.3, -0.25) is 0 Å². The molecular weight excluding hydrogens is 239 g/mol. The van der Waals surface area contributed by atoms with Gasteiger partial charge in [0.05, 0.1) is 5.56 Å². The van der Waals surface area contributed by atoms with Crippen LogP contribution in [0.1, 0.15) is 43.4 Å². The van der Waals surface area contributed by atoms with Gasteiger partial charge in [-0.2, -0.15) is 0 Å². The van der Waals surface area contributed by atoms with Gasteiger partial charge in [-0.1, -0.05) is 25.5 Å². The molecule has 2 N–H and O–H groups in total. The Hall–Kier alpha value is -0.740. The Balaban J connectivity index is 0.00000225. The number of hydrogen-bond acceptors (Lipinski definition) is 1. The van der Waals surface area contributed by atoms with Gasteiger partial charge in [-0.25, -0.2) is 13.2 Å². The number of hydrogen-bond donors (Lipinski definition) is 1. The molecule has 16 heavy (non-hydrogen) atoms. The third-order valence-electron chi connectivity index (χ3n) is 2.29. The SMILES string of the molecule is CCC[C@@H](N)c1ccc(C(F)F)c(F)c1.Cl. The van der Waals surface area contributed by atoms with Crippen LogP contribution in [0.15, 0.2) is 18.2 Å². The molecule has 1 nitrogen and oxygen atoms in total. The molecule has 0 aliphatic rings. The van der Waals surface area contributed by atoms with Crippen molar-refractivity contribution in [1.29, 1.82) is 0 Å². The fraction of sp³-hybridized carbons (Fsp3) is 0.455. The van der Waals surface area contributed by atoms with Crippen LogP contribution in [-0.2, 0) is 0 Å². The summed E-state index contributed by atoms with van der Waals surface area (Å²) in [5.74, 6) is -0.881. The van der Waals surface area contributed by atoms with Crippen molar-refractivity contribution in [3.63, 3.8) is 0 Å². The Morgan fingerprint density at radius 3 is 2.38 bits per heavy atom. The molecule has 1 aromatic carbocycles. The van der Waals surface area contributed by atoms with Crippen LogP contribution in [0.5, 0.6) is 0 Å². The Kier molecular flexibility index (Phi) is 6.45. The molecule has 0 aliphatic heterocycles. The van der Waals surface area contributed by atoms with Crippen LogP contribution in [0.3, 0.4) is 0 Å². The zero-order chi connectivity index (χ0) is 11.4. The molecule has 5 heteroatoms. The summed E-state index contributed by atoms with van der Waals surface area (Å²) < 4.78 is 37.6. The zero-order valence-electron chi connectivity index (χ0n) is 8.92. The normalized spacial score (nSPS) is 12.4. The molecule has 92 valence electrons. The molecule has 1 atom stereocenters. The third kappa shape index (κ3) is 3.68. The molecular formula is C11H15ClF3N. The van der Waals surface area contributed by atoms with Crippen LogP contribution < -0.4 is 5.73 Å². The van der Waals surface area contributed by atoms with E-state index >= 15 is 0 Å². The average molecular weight is 254 g/mol. The molecule has 0 heterocycles. The fourth-order valence-corrected chi connectivity index (χ4v) is 1.43. The first-order valence-electron chi connectivity index (χ1n) is 4.89. The van der Waals surface area contributed by atoms with Gasteiger partial charge in [0.2, 0.25) is 0 Å². The maximum Gasteiger partial charge on any atom is 0.266 e. The van der Waals surface area contributed by atoms with E-state index < -0.39 is 17.8 Å². The Labute approximate surface area is 99.2 Å². The first kappa shape index (κ1) is 15.3. The highest BCUT2D eigenvalue weighted by molar-refractivity contribution is 5.85. The van der Waals surface area contributed by atoms with Crippen LogP contribution in [-0.4, -0.2) is 0 Å². The van der Waals surface area contributed by atoms with Crippen molar-refractivity contribution in [1.82, 2.24) is 0 Å². The van der Waals surface area contributed by atoms with E-state index in [4.69, 9.17) is 5.73 Å². The van der Waals surface area contributed by atoms with E-state index in [0.29, 0.717) is 12.0 Å². The van der Waals surface area contributed by atoms with E-state index in [0.717, 1.165) is 18.6 Å². The number of benzene rings is 1. The smallest absolute Gasteiger partial charge is 0.266 e. The molecule has 0 spiro atoms. The second kappa shape index (κ2) is 6.76. The molecule has 0 bridgehead atoms. The lowest BCUT2D eigenvalue weighted by Crippen LogP contribution is -2.10. The summed E-state index contributed by atoms with van der Waals surface area (Å²) in [5.41, 5.74) is 5.75. The van der Waals surface area contributed by atoms with Gasteiger partial charge < -0.3 is 5.73 Å². The zero-order valence-corrected chi connectivity index (χ0v) is 9.74. The minimum absolute atomic E-state index is 0. The van der Waals surface area contributed by atoms with Gasteiger partial charge in [0.15, 0.2) is 0 Å². The second-order valence-electron chi connectivity index (χ2n) is 3.48. The molecule has 0 saturated carbocycles. The summed E-state index contributed by atoms with van der Waals surface area (Å²) in [6, 6.07) is 3.38. The molecule has 1 rings (SSSR count). The summed E-state index contributed by atoms with van der Waals surface area (Å²) in [4.78, 5) is 0. The molecule has 0 aromatic heterocycles. The monoisotopic (exact) mass is 253 g/mol. The number of rotatable bonds is 4. The predicted molar refractivity (Wildman–Crippen MR) is 60.4 cm³/mol. The van der Waals surface area contributed by atoms with Crippen LogP contribution >= 0.6 is 12.4 Å². The van der Waals surface area contributed by atoms with Crippen molar-refractivity contribution in [3.05, 3.63) is 35.1 Å². The van der Waals surface area contributed by atoms with E-state index in [-0.39, 0.29) is 18.4 Å². The van der Waals surface area contributed by atoms with Crippen LogP contribution in [0, 0.1) is 5.82 Å². The quantitative estimate of drug-likeness (QED) is 0.863. The summed E-state index contributed by atoms with van der Waals surface area (Å²) >= 11 is 0. The maximum atomic E-state index is 13.2. The predicted octanol–water partition coefficient (Wildman–Crippen LogP) is 3.99. The molecule has 0 unspecified atom stereocenters. The summed E-state index contributed by atoms with van der Waals surface area (Å²) in [5, 5.41) is 0. The van der Waals surface area contributed by atoms with Crippen molar-refractivity contribution in [2.24, 2.45) is 5.73 Å². The van der Waals surface area contributed by atoms with Crippen molar-refractivity contribution in [3.8, 4) is 0 Å². The number of nitrogens with two attached hydrogens (primary N) is 1. The first-order chi connectivity index (χ1) is 7.06. The molecule has 0 radical (unpaired) electrons. The Bertz CT molecular complexity index is 331. The fourth-order valence-electron chi connectivity index (χ4n) is 1.43. The molecule has 1 aromatic rings. The second-order valence-corrected chi connectivity index (χ2v) is 3.48. The molecule has 0 fully saturated rings. The Morgan fingerprint density at radius 2 is 1.94 bits per heavy atom. The van der Waals surface area contributed by atoms with Crippen molar-refractivity contribution in [2.75, 3.05) is 0 Å². The van der Waals surface area contributed by atoms with Crippen molar-refractivity contribution >= 4 is 12.4 Å². The third-order valence-corrected chi connectivity index (χ3v) is 2.29. The largest absolute Gasteiger partial charge is 0.324 e. The van der Waals surface area contributed by atoms with E-state index in [1.807, 2.05) is 6.92 Å². The van der Waals surface area contributed by atoms with Crippen molar-refractivity contribution in [2.45, 2.75) is 32.2 Å². The van der Waals surface area contributed by atoms with Crippen LogP contribution in [0.25, 0.3) is 0 Å². The summed E-state index contributed by atoms with van der Waals surface area (Å²) in [6.45, 7) is 1.96. The van der Waals surface area contributed by atoms with Gasteiger partial charge in [0.1, 0.15) is 5.82 Å². The maximum absolute atomic E-state index is 13.2. The van der Waals surface area contributed by atoms with E-state index in [1.165, 1.54) is 6.07 Å². The lowest BCUT2D eigenvalue weighted by Gasteiger charge is -2.12. The highest BCUT2D eigenvalue weighted by Crippen LogP contribution is 2.25. The van der Waals surface area contributed by atoms with Gasteiger partial charge in [-0.15, -0.1) is 12.4 Å². The first-order valence-corrected chi connectivity index (χ1v) is 4.89. The van der Waals surface area contributed by atoms with Crippen molar-refractivity contribution < 1.29 is 13.2 Å². The standard InChI is InChI=1S/C11H14F3N.ClH/c1-2-3-10(15)7-4-5-8(11(13)14)9(12)6-7;/h4-6,10-11H,2-3,15H2,1H3;1H/t10-;/m1./s1. The van der Waals surface area contributed by atoms with E-state index in [2.05, 4.69) is 0 Å². The average Bonchev–Trinajstić information content (AvgIpc) is 2.17. The number of alkyl halides is 2. The molecule has 0 aliphatic carbocycles. The highest BCUT2D eigenvalue weighted by Gasteiger charge is 2.15. The summed E-state index contributed by atoms with van der Waals surface area (Å²) in [6.07, 6.45) is -1.19. The minimum Gasteiger partial charge on any atom is -0.324 e. The lowest BCUT2D eigenvalue weighted by molar-refractivity contribution is 0.146. The summed E-state index contributed by atoms with van der Waals surface area (Å²) in [7, 11) is 0. The van der Waals surface area contributed by atoms with E-state index in [9.17, 15) is 13.2 Å². The van der Waals surface area contributed by atoms with Gasteiger partial charge in [0, 0.05) is 6.04 Å². The van der Waals surface area contributed by atoms with E-state index in [1.54, 1.807) is 0 Å². The Morgan fingerprint density at radius 1 is 1.31 bits per heavy atom. The topological polar surface area (TPSA) is 26.0 Å². The van der Waals surface area contributed by atoms with Gasteiger partial charge in [-0.05, 0) is 18.1 Å². The van der Waals surface area contributed by atoms with Crippen LogP contribution in [0.4, 0.5) is 13.2 Å².